The quantitative estimate of drug-likeness (QED) is 0.606. The van der Waals surface area contributed by atoms with Gasteiger partial charge in [0.25, 0.3) is 5.69 Å². The summed E-state index contributed by atoms with van der Waals surface area (Å²) in [4.78, 5) is 13.9. The Labute approximate surface area is 87.2 Å². The summed E-state index contributed by atoms with van der Waals surface area (Å²) in [5.74, 6) is 0.244. The average molecular weight is 211 g/mol. The van der Waals surface area contributed by atoms with Gasteiger partial charge in [0.15, 0.2) is 0 Å². The molecule has 0 fully saturated rings. The summed E-state index contributed by atoms with van der Waals surface area (Å²) < 4.78 is 5.30. The summed E-state index contributed by atoms with van der Waals surface area (Å²) in [7, 11) is 0. The van der Waals surface area contributed by atoms with Crippen LogP contribution in [0.3, 0.4) is 0 Å². The van der Waals surface area contributed by atoms with Gasteiger partial charge in [-0.25, -0.2) is 4.98 Å². The molecule has 15 heavy (non-hydrogen) atoms. The van der Waals surface area contributed by atoms with E-state index in [0.29, 0.717) is 5.56 Å². The number of nitrogens with two attached hydrogens (primary N) is 1. The Kier molecular flexibility index (Phi) is 3.08. The number of nitro groups is 1. The number of hydrogen-bond donors (Lipinski definition) is 1. The highest BCUT2D eigenvalue weighted by atomic mass is 16.6. The third-order valence-electron chi connectivity index (χ3n) is 1.87. The van der Waals surface area contributed by atoms with Crippen LogP contribution in [0.1, 0.15) is 19.4 Å². The molecular formula is C9H13N3O3. The summed E-state index contributed by atoms with van der Waals surface area (Å²) in [5, 5.41) is 10.6. The second-order valence-corrected chi connectivity index (χ2v) is 3.41. The molecule has 0 saturated heterocycles. The zero-order chi connectivity index (χ0) is 11.6. The molecule has 0 aliphatic heterocycles. The Hall–Kier alpha value is -1.85. The molecule has 0 aliphatic rings. The van der Waals surface area contributed by atoms with E-state index in [1.165, 1.54) is 0 Å². The van der Waals surface area contributed by atoms with Gasteiger partial charge in [0, 0.05) is 0 Å². The van der Waals surface area contributed by atoms with Gasteiger partial charge in [0.05, 0.1) is 16.6 Å². The van der Waals surface area contributed by atoms with Crippen LogP contribution in [-0.4, -0.2) is 16.0 Å². The van der Waals surface area contributed by atoms with Crippen molar-refractivity contribution < 1.29 is 9.66 Å². The molecule has 0 atom stereocenters. The lowest BCUT2D eigenvalue weighted by atomic mass is 10.2. The molecule has 0 saturated carbocycles. The van der Waals surface area contributed by atoms with Gasteiger partial charge < -0.3 is 10.5 Å². The second kappa shape index (κ2) is 4.12. The van der Waals surface area contributed by atoms with Crippen LogP contribution in [0.5, 0.6) is 5.88 Å². The van der Waals surface area contributed by atoms with Gasteiger partial charge in [-0.3, -0.25) is 10.1 Å². The lowest BCUT2D eigenvalue weighted by Gasteiger charge is -2.11. The van der Waals surface area contributed by atoms with Crippen LogP contribution in [0.15, 0.2) is 6.20 Å². The third kappa shape index (κ3) is 2.34. The molecule has 0 radical (unpaired) electrons. The SMILES string of the molecule is Cc1c([N+](=O)[O-])cnc(OC(C)C)c1N. The molecule has 6 heteroatoms. The second-order valence-electron chi connectivity index (χ2n) is 3.41. The lowest BCUT2D eigenvalue weighted by Crippen LogP contribution is -2.10. The Bertz CT molecular complexity index is 390. The molecule has 1 rings (SSSR count). The Morgan fingerprint density at radius 1 is 1.60 bits per heavy atom. The average Bonchev–Trinajstić information content (AvgIpc) is 2.12. The van der Waals surface area contributed by atoms with Crippen LogP contribution in [0.4, 0.5) is 11.4 Å². The summed E-state index contributed by atoms with van der Waals surface area (Å²) in [6.45, 7) is 5.23. The van der Waals surface area contributed by atoms with Crippen LogP contribution >= 0.6 is 0 Å². The van der Waals surface area contributed by atoms with E-state index in [1.807, 2.05) is 13.8 Å². The van der Waals surface area contributed by atoms with Gasteiger partial charge in [-0.1, -0.05) is 0 Å². The van der Waals surface area contributed by atoms with Crippen LogP contribution in [0.25, 0.3) is 0 Å². The fourth-order valence-corrected chi connectivity index (χ4v) is 1.09. The first-order valence-corrected chi connectivity index (χ1v) is 4.49. The van der Waals surface area contributed by atoms with Gasteiger partial charge in [-0.05, 0) is 20.8 Å². The number of aromatic nitrogens is 1. The largest absolute Gasteiger partial charge is 0.473 e. The Morgan fingerprint density at radius 3 is 2.67 bits per heavy atom. The molecule has 1 aromatic rings. The number of pyridine rings is 1. The van der Waals surface area contributed by atoms with Gasteiger partial charge in [-0.15, -0.1) is 0 Å². The molecule has 1 aromatic heterocycles. The number of nitrogens with zero attached hydrogens (tertiary/aromatic N) is 2. The van der Waals surface area contributed by atoms with Crippen molar-refractivity contribution >= 4 is 11.4 Å². The van der Waals surface area contributed by atoms with E-state index < -0.39 is 4.92 Å². The summed E-state index contributed by atoms with van der Waals surface area (Å²) in [6.07, 6.45) is 1.09. The fraction of sp³-hybridized carbons (Fsp3) is 0.444. The highest BCUT2D eigenvalue weighted by Gasteiger charge is 2.17. The smallest absolute Gasteiger partial charge is 0.292 e. The van der Waals surface area contributed by atoms with Crippen molar-refractivity contribution in [1.29, 1.82) is 0 Å². The molecule has 82 valence electrons. The van der Waals surface area contributed by atoms with Crippen molar-refractivity contribution in [1.82, 2.24) is 4.98 Å². The molecule has 0 amide bonds. The van der Waals surface area contributed by atoms with Crippen LogP contribution in [0, 0.1) is 17.0 Å². The Morgan fingerprint density at radius 2 is 2.20 bits per heavy atom. The first-order chi connectivity index (χ1) is 6.93. The summed E-state index contributed by atoms with van der Waals surface area (Å²) >= 11 is 0. The molecule has 2 N–H and O–H groups in total. The standard InChI is InChI=1S/C9H13N3O3/c1-5(2)15-9-8(10)6(3)7(4-11-9)12(13)14/h4-5H,10H2,1-3H3. The first-order valence-electron chi connectivity index (χ1n) is 4.49. The van der Waals surface area contributed by atoms with E-state index in [9.17, 15) is 10.1 Å². The topological polar surface area (TPSA) is 91.3 Å². The van der Waals surface area contributed by atoms with Crippen LogP contribution < -0.4 is 10.5 Å². The maximum Gasteiger partial charge on any atom is 0.292 e. The molecule has 0 spiro atoms. The molecule has 0 bridgehead atoms. The zero-order valence-electron chi connectivity index (χ0n) is 8.85. The number of anilines is 1. The summed E-state index contributed by atoms with van der Waals surface area (Å²) in [5.41, 5.74) is 6.18. The first kappa shape index (κ1) is 11.2. The Balaban J connectivity index is 3.15. The molecule has 6 nitrogen and oxygen atoms in total. The van der Waals surface area contributed by atoms with Gasteiger partial charge >= 0.3 is 0 Å². The third-order valence-corrected chi connectivity index (χ3v) is 1.87. The monoisotopic (exact) mass is 211 g/mol. The predicted molar refractivity (Wildman–Crippen MR) is 55.8 cm³/mol. The highest BCUT2D eigenvalue weighted by Crippen LogP contribution is 2.29. The van der Waals surface area contributed by atoms with Crippen molar-refractivity contribution in [2.24, 2.45) is 0 Å². The van der Waals surface area contributed by atoms with Crippen molar-refractivity contribution in [2.45, 2.75) is 26.9 Å². The minimum Gasteiger partial charge on any atom is -0.473 e. The van der Waals surface area contributed by atoms with Gasteiger partial charge in [0.2, 0.25) is 5.88 Å². The normalized spacial score (nSPS) is 10.4. The van der Waals surface area contributed by atoms with E-state index in [1.54, 1.807) is 6.92 Å². The summed E-state index contributed by atoms with van der Waals surface area (Å²) in [6, 6.07) is 0. The lowest BCUT2D eigenvalue weighted by molar-refractivity contribution is -0.385. The fourth-order valence-electron chi connectivity index (χ4n) is 1.09. The molecule has 0 unspecified atom stereocenters. The number of hydrogen-bond acceptors (Lipinski definition) is 5. The van der Waals surface area contributed by atoms with E-state index in [-0.39, 0.29) is 23.4 Å². The van der Waals surface area contributed by atoms with E-state index >= 15 is 0 Å². The minimum atomic E-state index is -0.516. The van der Waals surface area contributed by atoms with Crippen molar-refractivity contribution in [3.05, 3.63) is 21.9 Å². The van der Waals surface area contributed by atoms with Crippen LogP contribution in [0.2, 0.25) is 0 Å². The number of rotatable bonds is 3. The zero-order valence-corrected chi connectivity index (χ0v) is 8.85. The van der Waals surface area contributed by atoms with Crippen molar-refractivity contribution in [3.8, 4) is 5.88 Å². The van der Waals surface area contributed by atoms with E-state index in [0.717, 1.165) is 6.20 Å². The maximum atomic E-state index is 10.6. The van der Waals surface area contributed by atoms with Crippen molar-refractivity contribution in [2.75, 3.05) is 5.73 Å². The predicted octanol–water partition coefficient (Wildman–Crippen LogP) is 1.67. The van der Waals surface area contributed by atoms with Gasteiger partial charge in [0.1, 0.15) is 11.9 Å². The van der Waals surface area contributed by atoms with E-state index in [2.05, 4.69) is 4.98 Å². The van der Waals surface area contributed by atoms with E-state index in [4.69, 9.17) is 10.5 Å². The molecular weight excluding hydrogens is 198 g/mol. The van der Waals surface area contributed by atoms with Crippen LogP contribution in [-0.2, 0) is 0 Å². The molecule has 0 aromatic carbocycles. The maximum absolute atomic E-state index is 10.6. The molecule has 0 aliphatic carbocycles. The number of nitrogen functional groups attached to an aromatic ring is 1. The minimum absolute atomic E-state index is 0.0688. The highest BCUT2D eigenvalue weighted by molar-refractivity contribution is 5.61. The molecule has 1 heterocycles. The van der Waals surface area contributed by atoms with Gasteiger partial charge in [-0.2, -0.15) is 0 Å². The van der Waals surface area contributed by atoms with Crippen molar-refractivity contribution in [3.63, 3.8) is 0 Å². The number of ether oxygens (including phenoxy) is 1.